The number of hydrogen-bond donors (Lipinski definition) is 1. The molecule has 1 amide bonds. The van der Waals surface area contributed by atoms with Gasteiger partial charge in [0.1, 0.15) is 5.75 Å². The minimum Gasteiger partial charge on any atom is -0.495 e. The van der Waals surface area contributed by atoms with Gasteiger partial charge in [0.2, 0.25) is 15.9 Å². The third-order valence-corrected chi connectivity index (χ3v) is 7.26. The van der Waals surface area contributed by atoms with Gasteiger partial charge in [-0.05, 0) is 30.3 Å². The molecule has 0 atom stereocenters. The van der Waals surface area contributed by atoms with Gasteiger partial charge in [0.25, 0.3) is 5.69 Å². The molecule has 0 fully saturated rings. The molecule has 0 saturated carbocycles. The van der Waals surface area contributed by atoms with E-state index in [1.807, 2.05) is 0 Å². The van der Waals surface area contributed by atoms with E-state index < -0.39 is 14.9 Å². The van der Waals surface area contributed by atoms with Crippen molar-refractivity contribution in [3.63, 3.8) is 0 Å². The van der Waals surface area contributed by atoms with E-state index in [2.05, 4.69) is 5.32 Å². The fraction of sp³-hybridized carbons (Fsp3) is 0.316. The van der Waals surface area contributed by atoms with Crippen LogP contribution in [0.4, 0.5) is 11.4 Å². The van der Waals surface area contributed by atoms with E-state index in [1.54, 1.807) is 26.0 Å². The average Bonchev–Trinajstić information content (AvgIpc) is 2.73. The van der Waals surface area contributed by atoms with Crippen molar-refractivity contribution in [2.24, 2.45) is 0 Å². The molecule has 162 valence electrons. The number of nitro benzene ring substituents is 1. The van der Waals surface area contributed by atoms with Gasteiger partial charge in [-0.3, -0.25) is 14.9 Å². The second-order valence-corrected chi connectivity index (χ2v) is 9.03. The SMILES string of the molecule is CCN(CC)S(=O)(=O)c1ccc(OC)c(NC(=O)CSc2ccc([N+](=O)[O-])cc2)c1. The summed E-state index contributed by atoms with van der Waals surface area (Å²) in [7, 11) is -2.26. The molecule has 0 radical (unpaired) electrons. The van der Waals surface area contributed by atoms with Crippen LogP contribution in [0.15, 0.2) is 52.3 Å². The summed E-state index contributed by atoms with van der Waals surface area (Å²) in [6.07, 6.45) is 0. The number of sulfonamides is 1. The number of non-ortho nitro benzene ring substituents is 1. The lowest BCUT2D eigenvalue weighted by Crippen LogP contribution is -2.30. The fourth-order valence-corrected chi connectivity index (χ4v) is 4.84. The van der Waals surface area contributed by atoms with E-state index in [4.69, 9.17) is 4.74 Å². The predicted octanol–water partition coefficient (Wildman–Crippen LogP) is 3.36. The summed E-state index contributed by atoms with van der Waals surface area (Å²) in [6.45, 7) is 4.17. The van der Waals surface area contributed by atoms with Crippen LogP contribution < -0.4 is 10.1 Å². The first-order chi connectivity index (χ1) is 14.2. The van der Waals surface area contributed by atoms with E-state index >= 15 is 0 Å². The van der Waals surface area contributed by atoms with Crippen molar-refractivity contribution in [1.82, 2.24) is 4.31 Å². The summed E-state index contributed by atoms with van der Waals surface area (Å²) in [5.74, 6) is 0.00443. The number of thioether (sulfide) groups is 1. The Morgan fingerprint density at radius 1 is 1.17 bits per heavy atom. The summed E-state index contributed by atoms with van der Waals surface area (Å²) >= 11 is 1.20. The van der Waals surface area contributed by atoms with Gasteiger partial charge in [-0.1, -0.05) is 13.8 Å². The molecule has 1 N–H and O–H groups in total. The molecule has 2 aromatic carbocycles. The van der Waals surface area contributed by atoms with Crippen LogP contribution in [-0.4, -0.2) is 49.5 Å². The molecule has 11 heteroatoms. The lowest BCUT2D eigenvalue weighted by molar-refractivity contribution is -0.384. The molecule has 30 heavy (non-hydrogen) atoms. The molecule has 0 aliphatic carbocycles. The molecule has 0 unspecified atom stereocenters. The summed E-state index contributed by atoms with van der Waals surface area (Å²) < 4.78 is 32.0. The first-order valence-corrected chi connectivity index (χ1v) is 11.5. The second-order valence-electron chi connectivity index (χ2n) is 6.04. The van der Waals surface area contributed by atoms with Gasteiger partial charge in [0, 0.05) is 30.1 Å². The summed E-state index contributed by atoms with van der Waals surface area (Å²) in [4.78, 5) is 23.3. The Labute approximate surface area is 179 Å². The van der Waals surface area contributed by atoms with Crippen molar-refractivity contribution < 1.29 is 22.9 Å². The number of nitrogens with zero attached hydrogens (tertiary/aromatic N) is 2. The van der Waals surface area contributed by atoms with Crippen molar-refractivity contribution >= 4 is 39.1 Å². The predicted molar refractivity (Wildman–Crippen MR) is 116 cm³/mol. The number of ether oxygens (including phenoxy) is 1. The lowest BCUT2D eigenvalue weighted by atomic mass is 10.3. The molecule has 2 rings (SSSR count). The zero-order valence-corrected chi connectivity index (χ0v) is 18.5. The minimum atomic E-state index is -3.68. The van der Waals surface area contributed by atoms with Crippen LogP contribution in [0.5, 0.6) is 5.75 Å². The maximum Gasteiger partial charge on any atom is 0.269 e. The van der Waals surface area contributed by atoms with Gasteiger partial charge < -0.3 is 10.1 Å². The van der Waals surface area contributed by atoms with Crippen LogP contribution in [0.25, 0.3) is 0 Å². The third kappa shape index (κ3) is 5.71. The minimum absolute atomic E-state index is 0.0280. The Balaban J connectivity index is 2.14. The molecule has 0 saturated heterocycles. The quantitative estimate of drug-likeness (QED) is 0.333. The Hall–Kier alpha value is -2.63. The number of nitro groups is 1. The largest absolute Gasteiger partial charge is 0.495 e. The normalized spacial score (nSPS) is 11.3. The number of amides is 1. The molecule has 9 nitrogen and oxygen atoms in total. The molecule has 0 heterocycles. The van der Waals surface area contributed by atoms with Gasteiger partial charge in [0.05, 0.1) is 28.4 Å². The second kappa shape index (κ2) is 10.4. The average molecular weight is 454 g/mol. The Morgan fingerprint density at radius 3 is 2.33 bits per heavy atom. The maximum absolute atomic E-state index is 12.7. The fourth-order valence-electron chi connectivity index (χ4n) is 2.66. The number of carbonyl (C=O) groups excluding carboxylic acids is 1. The standard InChI is InChI=1S/C19H23N3O6S2/c1-4-21(5-2)30(26,27)16-10-11-18(28-3)17(12-16)20-19(23)13-29-15-8-6-14(7-9-15)22(24)25/h6-12H,4-5,13H2,1-3H3,(H,20,23). The van der Waals surface area contributed by atoms with Gasteiger partial charge in [-0.25, -0.2) is 8.42 Å². The number of anilines is 1. The van der Waals surface area contributed by atoms with Crippen LogP contribution in [0.3, 0.4) is 0 Å². The molecule has 0 aromatic heterocycles. The molecule has 0 aliphatic rings. The number of benzene rings is 2. The summed E-state index contributed by atoms with van der Waals surface area (Å²) in [5, 5.41) is 13.4. The van der Waals surface area contributed by atoms with Crippen molar-refractivity contribution in [2.75, 3.05) is 31.3 Å². The van der Waals surface area contributed by atoms with E-state index in [0.29, 0.717) is 23.7 Å². The highest BCUT2D eigenvalue weighted by molar-refractivity contribution is 8.00. The van der Waals surface area contributed by atoms with Crippen molar-refractivity contribution in [1.29, 1.82) is 0 Å². The summed E-state index contributed by atoms with van der Waals surface area (Å²) in [5.41, 5.74) is 0.222. The molecular formula is C19H23N3O6S2. The van der Waals surface area contributed by atoms with Crippen molar-refractivity contribution in [2.45, 2.75) is 23.6 Å². The van der Waals surface area contributed by atoms with Crippen LogP contribution in [0, 0.1) is 10.1 Å². The molecule has 2 aromatic rings. The highest BCUT2D eigenvalue weighted by atomic mass is 32.2. The molecule has 0 spiro atoms. The Kier molecular flexibility index (Phi) is 8.21. The topological polar surface area (TPSA) is 119 Å². The van der Waals surface area contributed by atoms with Gasteiger partial charge in [0.15, 0.2) is 0 Å². The number of rotatable bonds is 10. The lowest BCUT2D eigenvalue weighted by Gasteiger charge is -2.19. The van der Waals surface area contributed by atoms with Crippen LogP contribution in [0.1, 0.15) is 13.8 Å². The number of methoxy groups -OCH3 is 1. The smallest absolute Gasteiger partial charge is 0.269 e. The number of nitrogens with one attached hydrogen (secondary N) is 1. The first kappa shape index (κ1) is 23.6. The van der Waals surface area contributed by atoms with Crippen molar-refractivity contribution in [3.8, 4) is 5.75 Å². The van der Waals surface area contributed by atoms with Gasteiger partial charge in [-0.2, -0.15) is 4.31 Å². The van der Waals surface area contributed by atoms with Crippen LogP contribution >= 0.6 is 11.8 Å². The molecule has 0 bridgehead atoms. The van der Waals surface area contributed by atoms with E-state index in [9.17, 15) is 23.3 Å². The van der Waals surface area contributed by atoms with E-state index in [1.165, 1.54) is 53.5 Å². The Bertz CT molecular complexity index is 1010. The monoisotopic (exact) mass is 453 g/mol. The zero-order valence-electron chi connectivity index (χ0n) is 16.8. The van der Waals surface area contributed by atoms with Gasteiger partial charge >= 0.3 is 0 Å². The van der Waals surface area contributed by atoms with Crippen LogP contribution in [-0.2, 0) is 14.8 Å². The highest BCUT2D eigenvalue weighted by Crippen LogP contribution is 2.29. The highest BCUT2D eigenvalue weighted by Gasteiger charge is 2.23. The first-order valence-electron chi connectivity index (χ1n) is 9.08. The van der Waals surface area contributed by atoms with Gasteiger partial charge in [-0.15, -0.1) is 11.8 Å². The molecule has 0 aliphatic heterocycles. The molecular weight excluding hydrogens is 430 g/mol. The van der Waals surface area contributed by atoms with E-state index in [0.717, 1.165) is 0 Å². The van der Waals surface area contributed by atoms with E-state index in [-0.39, 0.29) is 27.9 Å². The maximum atomic E-state index is 12.7. The summed E-state index contributed by atoms with van der Waals surface area (Å²) in [6, 6.07) is 10.2. The van der Waals surface area contributed by atoms with Crippen molar-refractivity contribution in [3.05, 3.63) is 52.6 Å². The third-order valence-electron chi connectivity index (χ3n) is 4.21. The zero-order chi connectivity index (χ0) is 22.3. The van der Waals surface area contributed by atoms with Crippen LogP contribution in [0.2, 0.25) is 0 Å². The number of carbonyl (C=O) groups is 1. The number of hydrogen-bond acceptors (Lipinski definition) is 7. The Morgan fingerprint density at radius 2 is 1.80 bits per heavy atom.